The summed E-state index contributed by atoms with van der Waals surface area (Å²) in [7, 11) is 1.76. The molecule has 42 heavy (non-hydrogen) atoms. The number of hydrogen-bond acceptors (Lipinski definition) is 5. The van der Waals surface area contributed by atoms with Crippen LogP contribution in [-0.2, 0) is 25.4 Å². The molecule has 0 unspecified atom stereocenters. The molecule has 1 amide bonds. The maximum Gasteiger partial charge on any atom is 0.272 e. The summed E-state index contributed by atoms with van der Waals surface area (Å²) < 4.78 is 1.60. The normalized spacial score (nSPS) is 14.1. The van der Waals surface area contributed by atoms with Crippen molar-refractivity contribution in [1.82, 2.24) is 14.5 Å². The Morgan fingerprint density at radius 3 is 2.29 bits per heavy atom. The third-order valence-electron chi connectivity index (χ3n) is 7.91. The lowest BCUT2D eigenvalue weighted by Gasteiger charge is -2.26. The van der Waals surface area contributed by atoms with Crippen molar-refractivity contribution < 1.29 is 4.79 Å². The van der Waals surface area contributed by atoms with Gasteiger partial charge in [-0.2, -0.15) is 11.8 Å². The van der Waals surface area contributed by atoms with Crippen LogP contribution in [0.25, 0.3) is 11.3 Å². The minimum atomic E-state index is -0.160. The first kappa shape index (κ1) is 29.8. The first-order valence-electron chi connectivity index (χ1n) is 14.5. The van der Waals surface area contributed by atoms with Crippen molar-refractivity contribution >= 4 is 23.4 Å². The van der Waals surface area contributed by atoms with Crippen LogP contribution in [-0.4, -0.2) is 45.0 Å². The van der Waals surface area contributed by atoms with Crippen LogP contribution in [0.3, 0.4) is 0 Å². The van der Waals surface area contributed by atoms with Gasteiger partial charge in [0.2, 0.25) is 0 Å². The molecule has 7 heteroatoms. The van der Waals surface area contributed by atoms with Gasteiger partial charge in [-0.1, -0.05) is 69.3 Å². The predicted molar refractivity (Wildman–Crippen MR) is 175 cm³/mol. The van der Waals surface area contributed by atoms with Crippen molar-refractivity contribution in [2.75, 3.05) is 29.9 Å². The van der Waals surface area contributed by atoms with Gasteiger partial charge in [-0.15, -0.1) is 0 Å². The summed E-state index contributed by atoms with van der Waals surface area (Å²) >= 11 is 2.02. The van der Waals surface area contributed by atoms with E-state index in [0.717, 1.165) is 42.0 Å². The zero-order chi connectivity index (χ0) is 29.9. The van der Waals surface area contributed by atoms with Crippen LogP contribution in [0.15, 0.2) is 77.7 Å². The third kappa shape index (κ3) is 7.02. The van der Waals surface area contributed by atoms with Gasteiger partial charge in [-0.05, 0) is 52.8 Å². The van der Waals surface area contributed by atoms with Gasteiger partial charge >= 0.3 is 0 Å². The summed E-state index contributed by atoms with van der Waals surface area (Å²) in [5.41, 5.74) is 7.77. The molecule has 0 aliphatic carbocycles. The van der Waals surface area contributed by atoms with Crippen molar-refractivity contribution in [2.45, 2.75) is 46.1 Å². The monoisotopic (exact) mass is 580 g/mol. The largest absolute Gasteiger partial charge is 0.322 e. The molecule has 1 aliphatic heterocycles. The molecule has 1 saturated heterocycles. The Balaban J connectivity index is 1.34. The average Bonchev–Trinajstić information content (AvgIpc) is 2.97. The van der Waals surface area contributed by atoms with Crippen molar-refractivity contribution in [1.29, 1.82) is 0 Å². The Morgan fingerprint density at radius 2 is 1.62 bits per heavy atom. The molecule has 0 bridgehead atoms. The number of anilines is 1. The first-order valence-corrected chi connectivity index (χ1v) is 15.7. The highest BCUT2D eigenvalue weighted by Gasteiger charge is 2.17. The van der Waals surface area contributed by atoms with E-state index in [-0.39, 0.29) is 16.9 Å². The summed E-state index contributed by atoms with van der Waals surface area (Å²) in [6.07, 6.45) is 2.23. The summed E-state index contributed by atoms with van der Waals surface area (Å²) in [4.78, 5) is 33.5. The van der Waals surface area contributed by atoms with E-state index in [2.05, 4.69) is 55.3 Å². The second-order valence-electron chi connectivity index (χ2n) is 12.1. The maximum atomic E-state index is 13.1. The number of amides is 1. The Kier molecular flexibility index (Phi) is 8.99. The Morgan fingerprint density at radius 1 is 0.952 bits per heavy atom. The van der Waals surface area contributed by atoms with E-state index in [0.29, 0.717) is 23.4 Å². The molecule has 0 radical (unpaired) electrons. The highest BCUT2D eigenvalue weighted by atomic mass is 32.2. The second kappa shape index (κ2) is 12.7. The molecular formula is C35H40N4O2S. The Bertz CT molecular complexity index is 1610. The SMILES string of the molecule is Cc1c(NC(=O)c2ccc(C(C)(C)C)cc2)cccc1-c1cn(C)c(=O)c(Cc2ccc(CN3CCSCC3)cc2)n1. The number of rotatable bonds is 7. The minimum absolute atomic E-state index is 0.0250. The summed E-state index contributed by atoms with van der Waals surface area (Å²) in [6.45, 7) is 11.7. The van der Waals surface area contributed by atoms with Gasteiger partial charge in [-0.25, -0.2) is 4.98 Å². The Hall–Kier alpha value is -3.68. The summed E-state index contributed by atoms with van der Waals surface area (Å²) in [6, 6.07) is 22.1. The molecule has 1 fully saturated rings. The lowest BCUT2D eigenvalue weighted by atomic mass is 9.86. The molecule has 4 aromatic rings. The maximum absolute atomic E-state index is 13.1. The van der Waals surface area contributed by atoms with E-state index in [1.54, 1.807) is 17.8 Å². The number of nitrogens with one attached hydrogen (secondary N) is 1. The van der Waals surface area contributed by atoms with Crippen LogP contribution in [0.5, 0.6) is 0 Å². The number of carbonyl (C=O) groups excluding carboxylic acids is 1. The molecule has 6 nitrogen and oxygen atoms in total. The van der Waals surface area contributed by atoms with Crippen LogP contribution >= 0.6 is 11.8 Å². The van der Waals surface area contributed by atoms with E-state index < -0.39 is 0 Å². The van der Waals surface area contributed by atoms with Gasteiger partial charge in [0.1, 0.15) is 5.69 Å². The first-order chi connectivity index (χ1) is 20.1. The van der Waals surface area contributed by atoms with Gasteiger partial charge in [0.15, 0.2) is 0 Å². The minimum Gasteiger partial charge on any atom is -0.322 e. The molecule has 5 rings (SSSR count). The van der Waals surface area contributed by atoms with E-state index in [9.17, 15) is 9.59 Å². The molecule has 1 aliphatic rings. The number of hydrogen-bond donors (Lipinski definition) is 1. The van der Waals surface area contributed by atoms with Gasteiger partial charge in [0.25, 0.3) is 11.5 Å². The summed E-state index contributed by atoms with van der Waals surface area (Å²) in [5.74, 6) is 2.24. The lowest BCUT2D eigenvalue weighted by Crippen LogP contribution is -2.31. The molecular weight excluding hydrogens is 540 g/mol. The third-order valence-corrected chi connectivity index (χ3v) is 8.86. The fourth-order valence-electron chi connectivity index (χ4n) is 5.25. The van der Waals surface area contributed by atoms with E-state index in [1.807, 2.05) is 61.2 Å². The summed E-state index contributed by atoms with van der Waals surface area (Å²) in [5, 5.41) is 3.07. The van der Waals surface area contributed by atoms with Crippen molar-refractivity contribution in [3.63, 3.8) is 0 Å². The lowest BCUT2D eigenvalue weighted by molar-refractivity contribution is 0.102. The van der Waals surface area contributed by atoms with Crippen LogP contribution in [0.2, 0.25) is 0 Å². The number of nitrogens with zero attached hydrogens (tertiary/aromatic N) is 3. The fraction of sp³-hybridized carbons (Fsp3) is 0.343. The number of aromatic nitrogens is 2. The van der Waals surface area contributed by atoms with E-state index in [4.69, 9.17) is 4.98 Å². The number of carbonyl (C=O) groups is 1. The van der Waals surface area contributed by atoms with Crippen molar-refractivity contribution in [3.05, 3.63) is 117 Å². The van der Waals surface area contributed by atoms with Crippen molar-refractivity contribution in [2.24, 2.45) is 7.05 Å². The van der Waals surface area contributed by atoms with E-state index >= 15 is 0 Å². The average molecular weight is 581 g/mol. The highest BCUT2D eigenvalue weighted by molar-refractivity contribution is 7.99. The molecule has 0 spiro atoms. The van der Waals surface area contributed by atoms with Crippen LogP contribution in [0.4, 0.5) is 5.69 Å². The van der Waals surface area contributed by atoms with Gasteiger partial charge < -0.3 is 9.88 Å². The quantitative estimate of drug-likeness (QED) is 0.272. The van der Waals surface area contributed by atoms with Crippen molar-refractivity contribution in [3.8, 4) is 11.3 Å². The molecule has 1 aromatic heterocycles. The zero-order valence-corrected chi connectivity index (χ0v) is 26.1. The molecule has 0 atom stereocenters. The van der Waals surface area contributed by atoms with Gasteiger partial charge in [0, 0.05) is 67.6 Å². The molecule has 3 aromatic carbocycles. The molecule has 0 saturated carbocycles. The van der Waals surface area contributed by atoms with Crippen LogP contribution < -0.4 is 10.9 Å². The highest BCUT2D eigenvalue weighted by Crippen LogP contribution is 2.28. The van der Waals surface area contributed by atoms with Crippen LogP contribution in [0, 0.1) is 6.92 Å². The Labute approximate surface area is 253 Å². The zero-order valence-electron chi connectivity index (χ0n) is 25.2. The predicted octanol–water partition coefficient (Wildman–Crippen LogP) is 6.45. The standard InChI is InChI=1S/C35H40N4O2S/c1-24-29(7-6-8-30(24)37-33(40)27-13-15-28(16-14-27)35(2,3)4)32-23-38(5)34(41)31(36-32)21-25-9-11-26(12-10-25)22-39-17-19-42-20-18-39/h6-16,23H,17-22H2,1-5H3,(H,37,40). The van der Waals surface area contributed by atoms with Gasteiger partial charge in [-0.3, -0.25) is 14.5 Å². The molecule has 2 heterocycles. The number of thioether (sulfide) groups is 1. The smallest absolute Gasteiger partial charge is 0.272 e. The second-order valence-corrected chi connectivity index (χ2v) is 13.4. The molecule has 1 N–H and O–H groups in total. The number of benzene rings is 3. The van der Waals surface area contributed by atoms with Gasteiger partial charge in [0.05, 0.1) is 5.69 Å². The topological polar surface area (TPSA) is 67.2 Å². The molecule has 218 valence electrons. The fourth-order valence-corrected chi connectivity index (χ4v) is 6.23. The van der Waals surface area contributed by atoms with Crippen LogP contribution in [0.1, 0.15) is 59.1 Å². The number of aryl methyl sites for hydroxylation is 1. The van der Waals surface area contributed by atoms with E-state index in [1.165, 1.54) is 22.6 Å².